The Hall–Kier alpha value is -3.88. The summed E-state index contributed by atoms with van der Waals surface area (Å²) in [5, 5.41) is 16.1. The fourth-order valence-corrected chi connectivity index (χ4v) is 3.09. The van der Waals surface area contributed by atoms with E-state index in [1.165, 1.54) is 12.1 Å². The molecule has 5 rings (SSSR count). The van der Waals surface area contributed by atoms with Gasteiger partial charge in [0, 0.05) is 18.8 Å². The first kappa shape index (κ1) is 16.3. The summed E-state index contributed by atoms with van der Waals surface area (Å²) in [6, 6.07) is 13.6. The lowest BCUT2D eigenvalue weighted by atomic mass is 10.2. The Labute approximate surface area is 158 Å². The zero-order valence-electron chi connectivity index (χ0n) is 14.9. The summed E-state index contributed by atoms with van der Waals surface area (Å²) in [4.78, 5) is 8.94. The number of imidazole rings is 1. The third kappa shape index (κ3) is 2.73. The van der Waals surface area contributed by atoms with E-state index in [-0.39, 0.29) is 5.82 Å². The predicted molar refractivity (Wildman–Crippen MR) is 102 cm³/mol. The normalized spacial score (nSPS) is 11.4. The van der Waals surface area contributed by atoms with Gasteiger partial charge in [-0.1, -0.05) is 12.1 Å². The molecule has 0 spiro atoms. The first-order valence-corrected chi connectivity index (χ1v) is 8.67. The second-order valence-corrected chi connectivity index (χ2v) is 6.31. The van der Waals surface area contributed by atoms with Gasteiger partial charge in [-0.3, -0.25) is 0 Å². The van der Waals surface area contributed by atoms with Gasteiger partial charge < -0.3 is 9.88 Å². The monoisotopic (exact) mass is 374 g/mol. The zero-order chi connectivity index (χ0) is 19.1. The van der Waals surface area contributed by atoms with Crippen LogP contribution < -0.4 is 5.32 Å². The number of nitrogens with one attached hydrogen (secondary N) is 1. The average molecular weight is 374 g/mol. The Morgan fingerprint density at radius 3 is 2.86 bits per heavy atom. The van der Waals surface area contributed by atoms with Crippen LogP contribution in [0.4, 0.5) is 10.2 Å². The highest BCUT2D eigenvalue weighted by Gasteiger charge is 2.12. The summed E-state index contributed by atoms with van der Waals surface area (Å²) in [6.07, 6.45) is 1.75. The van der Waals surface area contributed by atoms with Gasteiger partial charge in [-0.15, -0.1) is 15.3 Å². The maximum Gasteiger partial charge on any atom is 0.185 e. The molecule has 0 saturated carbocycles. The van der Waals surface area contributed by atoms with Gasteiger partial charge in [0.15, 0.2) is 17.1 Å². The van der Waals surface area contributed by atoms with Crippen LogP contribution in [0.5, 0.6) is 0 Å². The first-order valence-electron chi connectivity index (χ1n) is 8.67. The van der Waals surface area contributed by atoms with Crippen molar-refractivity contribution in [3.63, 3.8) is 0 Å². The van der Waals surface area contributed by atoms with Crippen molar-refractivity contribution in [3.05, 3.63) is 66.4 Å². The Bertz CT molecular complexity index is 1310. The van der Waals surface area contributed by atoms with Crippen LogP contribution in [0.2, 0.25) is 0 Å². The van der Waals surface area contributed by atoms with E-state index in [1.54, 1.807) is 22.8 Å². The summed E-state index contributed by atoms with van der Waals surface area (Å²) >= 11 is 0. The number of nitrogens with zero attached hydrogens (tertiary/aromatic N) is 7. The molecule has 0 fully saturated rings. The second-order valence-electron chi connectivity index (χ2n) is 6.31. The lowest BCUT2D eigenvalue weighted by Gasteiger charge is -2.06. The third-order valence-corrected chi connectivity index (χ3v) is 4.49. The van der Waals surface area contributed by atoms with E-state index in [2.05, 4.69) is 30.6 Å². The number of rotatable bonds is 4. The molecule has 1 aromatic carbocycles. The van der Waals surface area contributed by atoms with Gasteiger partial charge in [0.2, 0.25) is 0 Å². The van der Waals surface area contributed by atoms with E-state index < -0.39 is 0 Å². The number of hydrogen-bond donors (Lipinski definition) is 1. The van der Waals surface area contributed by atoms with E-state index >= 15 is 0 Å². The third-order valence-electron chi connectivity index (χ3n) is 4.49. The van der Waals surface area contributed by atoms with E-state index in [4.69, 9.17) is 0 Å². The van der Waals surface area contributed by atoms with Crippen LogP contribution >= 0.6 is 0 Å². The summed E-state index contributed by atoms with van der Waals surface area (Å²) in [6.45, 7) is 0.475. The minimum absolute atomic E-state index is 0.334. The Morgan fingerprint density at radius 2 is 2.00 bits per heavy atom. The molecule has 0 bridgehead atoms. The number of halogens is 1. The minimum Gasteiger partial charge on any atom is -0.361 e. The Morgan fingerprint density at radius 1 is 1.07 bits per heavy atom. The molecule has 8 nitrogen and oxygen atoms in total. The van der Waals surface area contributed by atoms with Crippen molar-refractivity contribution < 1.29 is 4.39 Å². The van der Waals surface area contributed by atoms with Gasteiger partial charge in [-0.05, 0) is 36.4 Å². The lowest BCUT2D eigenvalue weighted by molar-refractivity contribution is 0.628. The van der Waals surface area contributed by atoms with Crippen molar-refractivity contribution in [2.75, 3.05) is 5.32 Å². The molecule has 0 aliphatic heterocycles. The summed E-state index contributed by atoms with van der Waals surface area (Å²) < 4.78 is 17.1. The maximum atomic E-state index is 13.6. The second kappa shape index (κ2) is 6.38. The number of aryl methyl sites for hydroxylation is 1. The topological polar surface area (TPSA) is 85.8 Å². The largest absolute Gasteiger partial charge is 0.361 e. The van der Waals surface area contributed by atoms with Crippen molar-refractivity contribution in [2.45, 2.75) is 6.54 Å². The summed E-state index contributed by atoms with van der Waals surface area (Å²) in [7, 11) is 1.93. The molecule has 0 amide bonds. The molecule has 0 atom stereocenters. The highest BCUT2D eigenvalue weighted by molar-refractivity contribution is 5.71. The van der Waals surface area contributed by atoms with Gasteiger partial charge in [0.1, 0.15) is 23.0 Å². The van der Waals surface area contributed by atoms with Crippen LogP contribution in [0.25, 0.3) is 28.2 Å². The predicted octanol–water partition coefficient (Wildman–Crippen LogP) is 2.82. The number of pyridine rings is 1. The number of benzene rings is 1. The van der Waals surface area contributed by atoms with Crippen molar-refractivity contribution in [2.24, 2.45) is 7.05 Å². The minimum atomic E-state index is -0.334. The van der Waals surface area contributed by atoms with Crippen LogP contribution in [0, 0.1) is 5.82 Å². The number of hydrogen-bond acceptors (Lipinski definition) is 6. The molecule has 0 radical (unpaired) electrons. The molecule has 1 N–H and O–H groups in total. The smallest absolute Gasteiger partial charge is 0.185 e. The van der Waals surface area contributed by atoms with Crippen LogP contribution in [-0.2, 0) is 13.6 Å². The Balaban J connectivity index is 1.46. The number of aromatic nitrogens is 7. The van der Waals surface area contributed by atoms with E-state index in [9.17, 15) is 4.39 Å². The Kier molecular flexibility index (Phi) is 3.71. The molecule has 5 aromatic rings. The molecule has 9 heteroatoms. The van der Waals surface area contributed by atoms with Gasteiger partial charge in [-0.25, -0.2) is 14.4 Å². The molecule has 28 heavy (non-hydrogen) atoms. The molecule has 0 aliphatic rings. The molecule has 138 valence electrons. The molecular formula is C19H15FN8. The fraction of sp³-hybridized carbons (Fsp3) is 0.105. The van der Waals surface area contributed by atoms with Gasteiger partial charge in [0.05, 0.1) is 6.54 Å². The van der Waals surface area contributed by atoms with Crippen molar-refractivity contribution in [3.8, 4) is 11.4 Å². The van der Waals surface area contributed by atoms with Gasteiger partial charge in [-0.2, -0.15) is 4.52 Å². The molecule has 0 unspecified atom stereocenters. The summed E-state index contributed by atoms with van der Waals surface area (Å²) in [5.41, 5.74) is 2.86. The van der Waals surface area contributed by atoms with E-state index in [0.29, 0.717) is 29.4 Å². The zero-order valence-corrected chi connectivity index (χ0v) is 14.9. The highest BCUT2D eigenvalue weighted by Crippen LogP contribution is 2.19. The van der Waals surface area contributed by atoms with Crippen molar-refractivity contribution in [1.82, 2.24) is 34.3 Å². The number of fused-ring (bicyclic) bond motifs is 2. The lowest BCUT2D eigenvalue weighted by Crippen LogP contribution is -2.08. The van der Waals surface area contributed by atoms with Crippen LogP contribution in [0.15, 0.2) is 54.7 Å². The first-order chi connectivity index (χ1) is 13.7. The average Bonchev–Trinajstić information content (AvgIpc) is 3.27. The van der Waals surface area contributed by atoms with E-state index in [1.807, 2.05) is 35.9 Å². The maximum absolute atomic E-state index is 13.6. The molecular weight excluding hydrogens is 359 g/mol. The molecule has 4 heterocycles. The van der Waals surface area contributed by atoms with Crippen LogP contribution in [0.3, 0.4) is 0 Å². The van der Waals surface area contributed by atoms with Crippen LogP contribution in [0.1, 0.15) is 5.82 Å². The molecule has 0 aliphatic carbocycles. The molecule has 0 saturated heterocycles. The standard InChI is InChI=1S/C19H15FN8/c1-27-17(23-14-6-3-9-21-19(14)27)11-22-15-7-8-16-24-25-18(28(16)26-15)12-4-2-5-13(20)10-12/h2-10H,11H2,1H3,(H,22,26). The van der Waals surface area contributed by atoms with Crippen molar-refractivity contribution in [1.29, 1.82) is 0 Å². The van der Waals surface area contributed by atoms with Crippen molar-refractivity contribution >= 4 is 22.6 Å². The fourth-order valence-electron chi connectivity index (χ4n) is 3.09. The molecule has 4 aromatic heterocycles. The van der Waals surface area contributed by atoms with Gasteiger partial charge >= 0.3 is 0 Å². The summed E-state index contributed by atoms with van der Waals surface area (Å²) in [5.74, 6) is 1.61. The van der Waals surface area contributed by atoms with E-state index in [0.717, 1.165) is 17.0 Å². The van der Waals surface area contributed by atoms with Crippen LogP contribution in [-0.4, -0.2) is 34.3 Å². The quantitative estimate of drug-likeness (QED) is 0.521. The highest BCUT2D eigenvalue weighted by atomic mass is 19.1. The SMILES string of the molecule is Cn1c(CNc2ccc3nnc(-c4cccc(F)c4)n3n2)nc2cccnc21. The number of anilines is 1. The van der Waals surface area contributed by atoms with Gasteiger partial charge in [0.25, 0.3) is 0 Å².